The van der Waals surface area contributed by atoms with Crippen LogP contribution in [0.5, 0.6) is 0 Å². The first-order chi connectivity index (χ1) is 40.2. The van der Waals surface area contributed by atoms with E-state index in [1.54, 1.807) is 0 Å². The van der Waals surface area contributed by atoms with E-state index in [9.17, 15) is 0 Å². The third-order valence-electron chi connectivity index (χ3n) is 16.2. The molecule has 0 radical (unpaired) electrons. The molecule has 0 spiro atoms. The van der Waals surface area contributed by atoms with Crippen molar-refractivity contribution in [3.63, 3.8) is 0 Å². The molecule has 14 aromatic rings. The van der Waals surface area contributed by atoms with Gasteiger partial charge in [-0.05, 0) is 75.9 Å². The van der Waals surface area contributed by atoms with Gasteiger partial charge in [-0.25, -0.2) is 4.98 Å². The summed E-state index contributed by atoms with van der Waals surface area (Å²) in [5.74, 6) is 1.72. The zero-order valence-electron chi connectivity index (χ0n) is 44.5. The highest BCUT2D eigenvalue weighted by atomic mass is 28.3. The molecule has 2 heterocycles. The van der Waals surface area contributed by atoms with E-state index in [0.29, 0.717) is 17.6 Å². The number of benzene rings is 12. The minimum Gasteiger partial charge on any atom is -0.278 e. The summed E-state index contributed by atoms with van der Waals surface area (Å²) >= 11 is 0. The van der Waals surface area contributed by atoms with Gasteiger partial charge in [0, 0.05) is 21.9 Å². The van der Waals surface area contributed by atoms with Gasteiger partial charge in [-0.15, -0.1) is 0 Å². The second kappa shape index (κ2) is 21.3. The number of hydrogen-bond acceptors (Lipinski definition) is 3. The maximum Gasteiger partial charge on any atom is 0.238 e. The largest absolute Gasteiger partial charge is 0.278 e. The summed E-state index contributed by atoms with van der Waals surface area (Å²) in [4.78, 5) is 16.6. The van der Waals surface area contributed by atoms with Crippen LogP contribution in [0.1, 0.15) is 0 Å². The van der Waals surface area contributed by atoms with Crippen LogP contribution in [0.15, 0.2) is 328 Å². The van der Waals surface area contributed by atoms with Crippen molar-refractivity contribution in [2.75, 3.05) is 0 Å². The minimum absolute atomic E-state index is 0.543. The maximum atomic E-state index is 5.58. The molecular weight excluding hydrogens is 1010 g/mol. The first-order valence-corrected chi connectivity index (χ1v) is 31.7. The standard InChI is InChI=1S/C75H54N4Si2/c1-9-25-55(26-10-1)59-45-51-69-70-52-46-60(56-27-11-2-12-28-56)54-72(70)79(71(69)53-59)75-77-73(57-41-47-67(48-42-57)80(61-29-13-3-14-30-61,62-31-15-4-16-32-62)63-33-17-5-18-34-63)76-74(78-75)58-43-49-68(50-44-58)81(64-35-19-6-20-36-64,65-37-21-7-22-38-65)66-39-23-8-24-40-66/h1-54H. The van der Waals surface area contributed by atoms with Crippen molar-refractivity contribution >= 4 is 79.4 Å². The molecule has 0 saturated carbocycles. The lowest BCUT2D eigenvalue weighted by molar-refractivity contribution is 0.954. The molecule has 12 aromatic carbocycles. The van der Waals surface area contributed by atoms with Gasteiger partial charge in [0.05, 0.1) is 11.0 Å². The van der Waals surface area contributed by atoms with Crippen molar-refractivity contribution in [2.45, 2.75) is 0 Å². The SMILES string of the molecule is c1ccc(-c2ccc3c4ccc(-c5ccccc5)cc4n(-c4nc(-c5ccc([Si](c6ccccc6)(c6ccccc6)c6ccccc6)cc5)nc(-c5ccc([Si](c6ccccc6)(c6ccccc6)c6ccccc6)cc5)n4)c3c2)cc1. The Bertz CT molecular complexity index is 3970. The maximum absolute atomic E-state index is 5.58. The third kappa shape index (κ3) is 8.75. The van der Waals surface area contributed by atoms with E-state index in [4.69, 9.17) is 15.0 Å². The van der Waals surface area contributed by atoms with Crippen molar-refractivity contribution in [1.82, 2.24) is 19.5 Å². The van der Waals surface area contributed by atoms with Gasteiger partial charge in [-0.2, -0.15) is 9.97 Å². The number of rotatable bonds is 13. The fourth-order valence-corrected chi connectivity index (χ4v) is 21.9. The Balaban J connectivity index is 1.00. The van der Waals surface area contributed by atoms with E-state index in [1.807, 2.05) is 0 Å². The summed E-state index contributed by atoms with van der Waals surface area (Å²) in [6, 6.07) is 119. The van der Waals surface area contributed by atoms with Gasteiger partial charge in [0.25, 0.3) is 0 Å². The summed E-state index contributed by atoms with van der Waals surface area (Å²) in [6.07, 6.45) is 0. The number of nitrogens with zero attached hydrogens (tertiary/aromatic N) is 4. The van der Waals surface area contributed by atoms with Gasteiger partial charge in [-0.3, -0.25) is 4.57 Å². The van der Waals surface area contributed by atoms with Gasteiger partial charge in [0.2, 0.25) is 5.95 Å². The lowest BCUT2D eigenvalue weighted by atomic mass is 10.0. The molecule has 0 saturated heterocycles. The van der Waals surface area contributed by atoms with Crippen LogP contribution in [0.3, 0.4) is 0 Å². The van der Waals surface area contributed by atoms with E-state index in [-0.39, 0.29) is 0 Å². The third-order valence-corrected chi connectivity index (χ3v) is 25.8. The Hall–Kier alpha value is -10.1. The van der Waals surface area contributed by atoms with Gasteiger partial charge < -0.3 is 0 Å². The summed E-state index contributed by atoms with van der Waals surface area (Å²) in [5, 5.41) is 12.7. The monoisotopic (exact) mass is 1070 g/mol. The molecule has 14 rings (SSSR count). The molecule has 0 unspecified atom stereocenters. The molecule has 0 atom stereocenters. The fourth-order valence-electron chi connectivity index (χ4n) is 12.4. The van der Waals surface area contributed by atoms with Crippen molar-refractivity contribution in [3.05, 3.63) is 328 Å². The topological polar surface area (TPSA) is 43.6 Å². The normalized spacial score (nSPS) is 11.7. The molecule has 0 N–H and O–H groups in total. The second-order valence-corrected chi connectivity index (χ2v) is 28.3. The zero-order valence-corrected chi connectivity index (χ0v) is 46.5. The molecule has 0 bridgehead atoms. The lowest BCUT2D eigenvalue weighted by Gasteiger charge is -2.34. The van der Waals surface area contributed by atoms with E-state index < -0.39 is 16.1 Å². The van der Waals surface area contributed by atoms with E-state index in [2.05, 4.69) is 332 Å². The summed E-state index contributed by atoms with van der Waals surface area (Å²) in [6.45, 7) is 0. The van der Waals surface area contributed by atoms with Gasteiger partial charge in [0.1, 0.15) is 0 Å². The van der Waals surface area contributed by atoms with Crippen LogP contribution in [0.25, 0.3) is 72.8 Å². The Morgan fingerprint density at radius 1 is 0.210 bits per heavy atom. The average molecular weight is 1070 g/mol. The van der Waals surface area contributed by atoms with Gasteiger partial charge >= 0.3 is 0 Å². The van der Waals surface area contributed by atoms with Crippen molar-refractivity contribution < 1.29 is 0 Å². The average Bonchev–Trinajstić information content (AvgIpc) is 4.12. The van der Waals surface area contributed by atoms with Crippen LogP contribution < -0.4 is 41.5 Å². The first kappa shape index (κ1) is 49.2. The molecule has 81 heavy (non-hydrogen) atoms. The number of fused-ring (bicyclic) bond motifs is 3. The molecule has 0 aliphatic heterocycles. The minimum atomic E-state index is -2.82. The van der Waals surface area contributed by atoms with Crippen molar-refractivity contribution in [2.24, 2.45) is 0 Å². The molecule has 382 valence electrons. The van der Waals surface area contributed by atoms with Crippen LogP contribution in [-0.4, -0.2) is 35.7 Å². The molecule has 0 fully saturated rings. The van der Waals surface area contributed by atoms with E-state index in [0.717, 1.165) is 55.2 Å². The Morgan fingerprint density at radius 3 is 0.741 bits per heavy atom. The van der Waals surface area contributed by atoms with Gasteiger partial charge in [0.15, 0.2) is 27.8 Å². The summed E-state index contributed by atoms with van der Waals surface area (Å²) in [7, 11) is -5.64. The predicted octanol–water partition coefficient (Wildman–Crippen LogP) is 12.4. The Morgan fingerprint density at radius 2 is 0.457 bits per heavy atom. The molecule has 2 aromatic heterocycles. The van der Waals surface area contributed by atoms with Crippen LogP contribution in [-0.2, 0) is 0 Å². The lowest BCUT2D eigenvalue weighted by Crippen LogP contribution is -2.74. The molecule has 6 heteroatoms. The highest BCUT2D eigenvalue weighted by molar-refractivity contribution is 7.20. The fraction of sp³-hybridized carbons (Fsp3) is 0. The van der Waals surface area contributed by atoms with Crippen molar-refractivity contribution in [3.8, 4) is 51.0 Å². The predicted molar refractivity (Wildman–Crippen MR) is 343 cm³/mol. The first-order valence-electron chi connectivity index (χ1n) is 27.7. The molecule has 0 aliphatic rings. The molecule has 4 nitrogen and oxygen atoms in total. The molecular formula is C75H54N4Si2. The van der Waals surface area contributed by atoms with Crippen LogP contribution >= 0.6 is 0 Å². The van der Waals surface area contributed by atoms with Crippen molar-refractivity contribution in [1.29, 1.82) is 0 Å². The van der Waals surface area contributed by atoms with Gasteiger partial charge in [-0.1, -0.05) is 315 Å². The van der Waals surface area contributed by atoms with Crippen LogP contribution in [0.2, 0.25) is 0 Å². The number of hydrogen-bond donors (Lipinski definition) is 0. The highest BCUT2D eigenvalue weighted by Gasteiger charge is 2.42. The highest BCUT2D eigenvalue weighted by Crippen LogP contribution is 2.37. The zero-order chi connectivity index (χ0) is 54.0. The molecule has 0 amide bonds. The smallest absolute Gasteiger partial charge is 0.238 e. The molecule has 0 aliphatic carbocycles. The van der Waals surface area contributed by atoms with E-state index >= 15 is 0 Å². The quantitative estimate of drug-likeness (QED) is 0.0854. The van der Waals surface area contributed by atoms with Crippen LogP contribution in [0, 0.1) is 0 Å². The second-order valence-electron chi connectivity index (χ2n) is 20.7. The Kier molecular flexibility index (Phi) is 12.9. The number of aromatic nitrogens is 4. The summed E-state index contributed by atoms with van der Waals surface area (Å²) < 4.78 is 2.26. The van der Waals surface area contributed by atoms with E-state index in [1.165, 1.54) is 41.5 Å². The van der Waals surface area contributed by atoms with Crippen LogP contribution in [0.4, 0.5) is 0 Å². The Labute approximate surface area is 474 Å². The summed E-state index contributed by atoms with van der Waals surface area (Å²) in [5.41, 5.74) is 8.33.